The number of carbonyl (C=O) groups excluding carboxylic acids is 2. The molecule has 1 saturated carbocycles. The number of ether oxygens (including phenoxy) is 1. The number of pyridine rings is 1. The van der Waals surface area contributed by atoms with Gasteiger partial charge in [-0.1, -0.05) is 18.0 Å². The van der Waals surface area contributed by atoms with Gasteiger partial charge in [0.15, 0.2) is 0 Å². The Morgan fingerprint density at radius 3 is 2.79 bits per heavy atom. The largest absolute Gasteiger partial charge is 0.460 e. The maximum atomic E-state index is 15.2. The van der Waals surface area contributed by atoms with Crippen LogP contribution in [0.5, 0.6) is 0 Å². The van der Waals surface area contributed by atoms with E-state index in [1.165, 1.54) is 24.4 Å². The van der Waals surface area contributed by atoms with Crippen molar-refractivity contribution in [3.8, 4) is 0 Å². The fraction of sp³-hybridized carbons (Fsp3) is 0.440. The zero-order valence-corrected chi connectivity index (χ0v) is 20.9. The second-order valence-corrected chi connectivity index (χ2v) is 11.1. The van der Waals surface area contributed by atoms with E-state index in [1.807, 2.05) is 20.8 Å². The number of anilines is 1. The molecule has 0 spiro atoms. The molecule has 1 aromatic carbocycles. The molecule has 4 rings (SSSR count). The lowest BCUT2D eigenvalue weighted by Crippen LogP contribution is -2.36. The van der Waals surface area contributed by atoms with Crippen LogP contribution in [0.3, 0.4) is 0 Å². The van der Waals surface area contributed by atoms with E-state index < -0.39 is 17.0 Å². The van der Waals surface area contributed by atoms with E-state index in [4.69, 9.17) is 21.3 Å². The van der Waals surface area contributed by atoms with Crippen LogP contribution >= 0.6 is 23.4 Å². The van der Waals surface area contributed by atoms with Crippen LogP contribution in [0, 0.1) is 11.7 Å². The summed E-state index contributed by atoms with van der Waals surface area (Å²) in [5, 5.41) is 3.88. The Labute approximate surface area is 207 Å². The van der Waals surface area contributed by atoms with Crippen molar-refractivity contribution in [3.63, 3.8) is 0 Å². The molecular formula is C25H27ClFN3O3S. The zero-order valence-electron chi connectivity index (χ0n) is 19.4. The van der Waals surface area contributed by atoms with E-state index in [2.05, 4.69) is 10.3 Å². The van der Waals surface area contributed by atoms with Gasteiger partial charge in [-0.25, -0.2) is 9.37 Å². The van der Waals surface area contributed by atoms with Crippen LogP contribution in [0.4, 0.5) is 10.1 Å². The van der Waals surface area contributed by atoms with Crippen molar-refractivity contribution in [1.29, 1.82) is 0 Å². The number of esters is 1. The highest BCUT2D eigenvalue weighted by Crippen LogP contribution is 2.52. The van der Waals surface area contributed by atoms with Gasteiger partial charge in [-0.3, -0.25) is 14.6 Å². The van der Waals surface area contributed by atoms with Gasteiger partial charge in [-0.15, -0.1) is 11.8 Å². The maximum Gasteiger partial charge on any atom is 0.312 e. The lowest BCUT2D eigenvalue weighted by molar-refractivity contribution is -0.153. The first-order chi connectivity index (χ1) is 16.1. The maximum absolute atomic E-state index is 15.2. The van der Waals surface area contributed by atoms with E-state index in [-0.39, 0.29) is 29.8 Å². The van der Waals surface area contributed by atoms with E-state index in [0.29, 0.717) is 27.7 Å². The Kier molecular flexibility index (Phi) is 7.01. The van der Waals surface area contributed by atoms with Gasteiger partial charge in [-0.2, -0.15) is 0 Å². The number of hydrogen-bond donors (Lipinski definition) is 1. The normalized spacial score (nSPS) is 22.0. The van der Waals surface area contributed by atoms with Crippen LogP contribution < -0.4 is 5.32 Å². The minimum Gasteiger partial charge on any atom is -0.460 e. The quantitative estimate of drug-likeness (QED) is 0.506. The van der Waals surface area contributed by atoms with Gasteiger partial charge >= 0.3 is 5.97 Å². The molecule has 1 aromatic heterocycles. The van der Waals surface area contributed by atoms with Crippen LogP contribution in [-0.4, -0.2) is 33.3 Å². The summed E-state index contributed by atoms with van der Waals surface area (Å²) < 4.78 is 20.7. The number of aromatic nitrogens is 1. The number of fused-ring (bicyclic) bond motifs is 1. The fourth-order valence-corrected chi connectivity index (χ4v) is 5.92. The van der Waals surface area contributed by atoms with Crippen LogP contribution in [-0.2, 0) is 15.1 Å². The number of aliphatic imine (C=N–C) groups is 1. The lowest BCUT2D eigenvalue weighted by Gasteiger charge is -2.37. The molecule has 1 aliphatic carbocycles. The number of nitrogens with zero attached hydrogens (tertiary/aromatic N) is 2. The van der Waals surface area contributed by atoms with Crippen molar-refractivity contribution in [2.75, 3.05) is 11.1 Å². The zero-order chi connectivity index (χ0) is 24.5. The van der Waals surface area contributed by atoms with E-state index in [0.717, 1.165) is 18.6 Å². The van der Waals surface area contributed by atoms with Gasteiger partial charge in [0.05, 0.1) is 22.0 Å². The number of thioether (sulfide) groups is 1. The minimum atomic E-state index is -0.758. The van der Waals surface area contributed by atoms with Gasteiger partial charge in [0, 0.05) is 23.2 Å². The third-order valence-electron chi connectivity index (χ3n) is 5.93. The minimum absolute atomic E-state index is 0.0662. The molecule has 180 valence electrons. The molecule has 34 heavy (non-hydrogen) atoms. The Hall–Kier alpha value is -2.45. The Morgan fingerprint density at radius 1 is 1.29 bits per heavy atom. The smallest absolute Gasteiger partial charge is 0.312 e. The van der Waals surface area contributed by atoms with Crippen LogP contribution in [0.15, 0.2) is 41.5 Å². The second-order valence-electron chi connectivity index (χ2n) is 9.60. The topological polar surface area (TPSA) is 80.6 Å². The molecule has 1 fully saturated rings. The standard InChI is InChI=1S/C25H27ClFN3O3S/c1-24(2,3)33-22(31)12-21-30-25(10-4-5-15(25)14-34-21)18-11-17(7-8-19(18)27)29-23(32)20-9-6-16(26)13-28-20/h6-9,11,13,15H,4-5,10,12,14H2,1-3H3,(H,29,32)/t15-,25?/m0/s1. The summed E-state index contributed by atoms with van der Waals surface area (Å²) in [4.78, 5) is 34.0. The first-order valence-electron chi connectivity index (χ1n) is 11.2. The molecular weight excluding hydrogens is 477 g/mol. The third-order valence-corrected chi connectivity index (χ3v) is 7.29. The Balaban J connectivity index is 1.62. The molecule has 2 atom stereocenters. The van der Waals surface area contributed by atoms with Crippen molar-refractivity contribution in [2.24, 2.45) is 10.9 Å². The molecule has 2 aliphatic rings. The number of amides is 1. The summed E-state index contributed by atoms with van der Waals surface area (Å²) in [5.74, 6) is -0.225. The lowest BCUT2D eigenvalue weighted by atomic mass is 9.81. The average Bonchev–Trinajstić information content (AvgIpc) is 3.18. The SMILES string of the molecule is CC(C)(C)OC(=O)CC1=NC2(c3cc(NC(=O)c4ccc(Cl)cn4)ccc3F)CCC[C@H]2CS1. The summed E-state index contributed by atoms with van der Waals surface area (Å²) >= 11 is 7.39. The highest BCUT2D eigenvalue weighted by atomic mass is 35.5. The number of nitrogens with one attached hydrogen (secondary N) is 1. The van der Waals surface area contributed by atoms with Crippen LogP contribution in [0.2, 0.25) is 5.02 Å². The van der Waals surface area contributed by atoms with Gasteiger partial charge in [0.2, 0.25) is 0 Å². The molecule has 1 aliphatic heterocycles. The first-order valence-corrected chi connectivity index (χ1v) is 12.6. The van der Waals surface area contributed by atoms with E-state index in [1.54, 1.807) is 23.9 Å². The van der Waals surface area contributed by atoms with Crippen molar-refractivity contribution in [2.45, 2.75) is 57.6 Å². The molecule has 1 amide bonds. The molecule has 1 N–H and O–H groups in total. The number of hydrogen-bond acceptors (Lipinski definition) is 6. The Bertz CT molecular complexity index is 1130. The molecule has 6 nitrogen and oxygen atoms in total. The predicted octanol–water partition coefficient (Wildman–Crippen LogP) is 6.00. The van der Waals surface area contributed by atoms with Crippen molar-refractivity contribution in [1.82, 2.24) is 4.98 Å². The van der Waals surface area contributed by atoms with Gasteiger partial charge in [0.1, 0.15) is 17.1 Å². The predicted molar refractivity (Wildman–Crippen MR) is 133 cm³/mol. The highest BCUT2D eigenvalue weighted by Gasteiger charge is 2.48. The van der Waals surface area contributed by atoms with Gasteiger partial charge < -0.3 is 10.1 Å². The van der Waals surface area contributed by atoms with Gasteiger partial charge in [-0.05, 0) is 69.9 Å². The van der Waals surface area contributed by atoms with Crippen LogP contribution in [0.25, 0.3) is 0 Å². The fourth-order valence-electron chi connectivity index (χ4n) is 4.53. The molecule has 0 saturated heterocycles. The van der Waals surface area contributed by atoms with E-state index >= 15 is 4.39 Å². The molecule has 0 radical (unpaired) electrons. The highest BCUT2D eigenvalue weighted by molar-refractivity contribution is 8.14. The first kappa shape index (κ1) is 24.7. The summed E-state index contributed by atoms with van der Waals surface area (Å²) in [7, 11) is 0. The second kappa shape index (κ2) is 9.66. The summed E-state index contributed by atoms with van der Waals surface area (Å²) in [5.41, 5.74) is -0.230. The van der Waals surface area contributed by atoms with Crippen molar-refractivity contribution >= 4 is 46.0 Å². The molecule has 1 unspecified atom stereocenters. The number of benzene rings is 1. The summed E-state index contributed by atoms with van der Waals surface area (Å²) in [6, 6.07) is 7.65. The number of halogens is 2. The van der Waals surface area contributed by atoms with Crippen molar-refractivity contribution < 1.29 is 18.7 Å². The van der Waals surface area contributed by atoms with E-state index in [9.17, 15) is 9.59 Å². The summed E-state index contributed by atoms with van der Waals surface area (Å²) in [6.45, 7) is 5.47. The number of rotatable bonds is 5. The van der Waals surface area contributed by atoms with Gasteiger partial charge in [0.25, 0.3) is 5.91 Å². The van der Waals surface area contributed by atoms with Crippen molar-refractivity contribution in [3.05, 3.63) is 58.6 Å². The number of carbonyl (C=O) groups is 2. The Morgan fingerprint density at radius 2 is 2.09 bits per heavy atom. The molecule has 2 heterocycles. The third kappa shape index (κ3) is 5.44. The molecule has 9 heteroatoms. The molecule has 0 bridgehead atoms. The average molecular weight is 504 g/mol. The monoisotopic (exact) mass is 503 g/mol. The van der Waals surface area contributed by atoms with Crippen LogP contribution in [0.1, 0.15) is 62.5 Å². The molecule has 2 aromatic rings. The summed E-state index contributed by atoms with van der Waals surface area (Å²) in [6.07, 6.45) is 4.00.